The first-order valence-electron chi connectivity index (χ1n) is 8.11. The van der Waals surface area contributed by atoms with Crippen molar-refractivity contribution in [1.82, 2.24) is 9.97 Å². The van der Waals surface area contributed by atoms with Gasteiger partial charge in [-0.15, -0.1) is 11.3 Å². The van der Waals surface area contributed by atoms with E-state index in [1.165, 1.54) is 4.88 Å². The quantitative estimate of drug-likeness (QED) is 0.422. The molecule has 0 amide bonds. The van der Waals surface area contributed by atoms with E-state index in [2.05, 4.69) is 34.2 Å². The predicted molar refractivity (Wildman–Crippen MR) is 110 cm³/mol. The number of nitrogens with one attached hydrogen (secondary N) is 1. The van der Waals surface area contributed by atoms with Gasteiger partial charge in [-0.2, -0.15) is 0 Å². The standard InChI is InChI=1S/C20H16BrN3S/c1-2-16-12-17-19(22-15-10-8-14(21)9-11-15)23-18(24-20(17)25-16)13-6-4-3-5-7-13/h3-12H,2H2,1H3,(H,22,23,24). The van der Waals surface area contributed by atoms with Crippen LogP contribution >= 0.6 is 27.3 Å². The molecule has 124 valence electrons. The van der Waals surface area contributed by atoms with Crippen molar-refractivity contribution >= 4 is 49.0 Å². The van der Waals surface area contributed by atoms with E-state index in [1.807, 2.05) is 54.6 Å². The van der Waals surface area contributed by atoms with Gasteiger partial charge in [0.1, 0.15) is 10.6 Å². The zero-order chi connectivity index (χ0) is 17.2. The fourth-order valence-electron chi connectivity index (χ4n) is 2.63. The lowest BCUT2D eigenvalue weighted by atomic mass is 10.2. The molecule has 0 saturated heterocycles. The molecule has 0 spiro atoms. The lowest BCUT2D eigenvalue weighted by Crippen LogP contribution is -1.98. The van der Waals surface area contributed by atoms with Crippen LogP contribution in [0.25, 0.3) is 21.6 Å². The molecule has 3 nitrogen and oxygen atoms in total. The molecule has 0 unspecified atom stereocenters. The van der Waals surface area contributed by atoms with Gasteiger partial charge in [-0.05, 0) is 36.8 Å². The Balaban J connectivity index is 1.85. The first-order valence-corrected chi connectivity index (χ1v) is 9.72. The number of aromatic nitrogens is 2. The van der Waals surface area contributed by atoms with Crippen molar-refractivity contribution in [2.75, 3.05) is 5.32 Å². The Morgan fingerprint density at radius 2 is 1.76 bits per heavy atom. The van der Waals surface area contributed by atoms with Crippen LogP contribution in [0.2, 0.25) is 0 Å². The van der Waals surface area contributed by atoms with E-state index in [1.54, 1.807) is 11.3 Å². The maximum atomic E-state index is 4.81. The van der Waals surface area contributed by atoms with Crippen molar-refractivity contribution in [1.29, 1.82) is 0 Å². The second-order valence-corrected chi connectivity index (χ2v) is 7.71. The molecule has 0 aliphatic carbocycles. The SMILES string of the molecule is CCc1cc2c(Nc3ccc(Br)cc3)nc(-c3ccccc3)nc2s1. The number of thiophene rings is 1. The van der Waals surface area contributed by atoms with Crippen LogP contribution in [0.3, 0.4) is 0 Å². The normalized spacial score (nSPS) is 11.0. The number of aryl methyl sites for hydroxylation is 1. The lowest BCUT2D eigenvalue weighted by Gasteiger charge is -2.09. The smallest absolute Gasteiger partial charge is 0.163 e. The number of fused-ring (bicyclic) bond motifs is 1. The summed E-state index contributed by atoms with van der Waals surface area (Å²) in [4.78, 5) is 11.9. The molecule has 4 rings (SSSR count). The summed E-state index contributed by atoms with van der Waals surface area (Å²) in [5.74, 6) is 1.60. The van der Waals surface area contributed by atoms with E-state index in [-0.39, 0.29) is 0 Å². The van der Waals surface area contributed by atoms with Crippen molar-refractivity contribution < 1.29 is 0 Å². The zero-order valence-corrected chi connectivity index (χ0v) is 16.1. The van der Waals surface area contributed by atoms with Crippen molar-refractivity contribution in [3.63, 3.8) is 0 Å². The number of rotatable bonds is 4. The minimum atomic E-state index is 0.747. The summed E-state index contributed by atoms with van der Waals surface area (Å²) in [6.45, 7) is 2.16. The summed E-state index contributed by atoms with van der Waals surface area (Å²) in [7, 11) is 0. The summed E-state index contributed by atoms with van der Waals surface area (Å²) >= 11 is 5.21. The van der Waals surface area contributed by atoms with Gasteiger partial charge >= 0.3 is 0 Å². The van der Waals surface area contributed by atoms with Crippen LogP contribution in [0.1, 0.15) is 11.8 Å². The molecular formula is C20H16BrN3S. The second-order valence-electron chi connectivity index (χ2n) is 5.68. The van der Waals surface area contributed by atoms with E-state index in [4.69, 9.17) is 9.97 Å². The van der Waals surface area contributed by atoms with Gasteiger partial charge < -0.3 is 5.32 Å². The molecule has 0 aliphatic rings. The highest BCUT2D eigenvalue weighted by Gasteiger charge is 2.13. The molecule has 0 radical (unpaired) electrons. The molecule has 2 aromatic carbocycles. The minimum absolute atomic E-state index is 0.747. The van der Waals surface area contributed by atoms with Gasteiger partial charge in [0.2, 0.25) is 0 Å². The van der Waals surface area contributed by atoms with Gasteiger partial charge in [0.15, 0.2) is 5.82 Å². The maximum Gasteiger partial charge on any atom is 0.163 e. The molecule has 0 aliphatic heterocycles. The summed E-state index contributed by atoms with van der Waals surface area (Å²) in [6, 6.07) is 20.4. The van der Waals surface area contributed by atoms with E-state index in [0.29, 0.717) is 0 Å². The van der Waals surface area contributed by atoms with E-state index >= 15 is 0 Å². The average molecular weight is 410 g/mol. The highest BCUT2D eigenvalue weighted by Crippen LogP contribution is 2.33. The minimum Gasteiger partial charge on any atom is -0.340 e. The molecule has 4 aromatic rings. The summed E-state index contributed by atoms with van der Waals surface area (Å²) in [5.41, 5.74) is 2.03. The molecule has 2 heterocycles. The van der Waals surface area contributed by atoms with Crippen LogP contribution in [0, 0.1) is 0 Å². The largest absolute Gasteiger partial charge is 0.340 e. The van der Waals surface area contributed by atoms with Crippen LogP contribution in [0.4, 0.5) is 11.5 Å². The lowest BCUT2D eigenvalue weighted by molar-refractivity contribution is 1.19. The number of nitrogens with zero attached hydrogens (tertiary/aromatic N) is 2. The summed E-state index contributed by atoms with van der Waals surface area (Å²) in [5, 5.41) is 4.53. The van der Waals surface area contributed by atoms with Gasteiger partial charge in [0.25, 0.3) is 0 Å². The maximum absolute atomic E-state index is 4.81. The molecule has 0 fully saturated rings. The Morgan fingerprint density at radius 3 is 2.48 bits per heavy atom. The second kappa shape index (κ2) is 6.94. The molecule has 25 heavy (non-hydrogen) atoms. The Kier molecular flexibility index (Phi) is 4.51. The van der Waals surface area contributed by atoms with Gasteiger partial charge in [-0.3, -0.25) is 0 Å². The van der Waals surface area contributed by atoms with Crippen LogP contribution in [0.5, 0.6) is 0 Å². The van der Waals surface area contributed by atoms with Gasteiger partial charge in [-0.25, -0.2) is 9.97 Å². The number of halogens is 1. The number of benzene rings is 2. The molecule has 5 heteroatoms. The molecule has 0 atom stereocenters. The topological polar surface area (TPSA) is 37.8 Å². The average Bonchev–Trinajstić information content (AvgIpc) is 3.08. The Morgan fingerprint density at radius 1 is 1.00 bits per heavy atom. The van der Waals surface area contributed by atoms with Crippen LogP contribution < -0.4 is 5.32 Å². The molecular weight excluding hydrogens is 394 g/mol. The van der Waals surface area contributed by atoms with Crippen molar-refractivity contribution in [2.45, 2.75) is 13.3 Å². The van der Waals surface area contributed by atoms with Crippen molar-refractivity contribution in [3.8, 4) is 11.4 Å². The van der Waals surface area contributed by atoms with Crippen LogP contribution in [-0.2, 0) is 6.42 Å². The molecule has 2 aromatic heterocycles. The van der Waals surface area contributed by atoms with E-state index in [9.17, 15) is 0 Å². The fraction of sp³-hybridized carbons (Fsp3) is 0.100. The van der Waals surface area contributed by atoms with E-state index in [0.717, 1.165) is 44.0 Å². The molecule has 0 bridgehead atoms. The van der Waals surface area contributed by atoms with Crippen LogP contribution in [0.15, 0.2) is 65.1 Å². The van der Waals surface area contributed by atoms with E-state index < -0.39 is 0 Å². The predicted octanol–water partition coefficient (Wildman–Crippen LogP) is 6.43. The fourth-order valence-corrected chi connectivity index (χ4v) is 3.86. The third-order valence-electron chi connectivity index (χ3n) is 3.93. The summed E-state index contributed by atoms with van der Waals surface area (Å²) < 4.78 is 1.06. The Bertz CT molecular complexity index is 1010. The third kappa shape index (κ3) is 3.43. The highest BCUT2D eigenvalue weighted by molar-refractivity contribution is 9.10. The van der Waals surface area contributed by atoms with Gasteiger partial charge in [0.05, 0.1) is 5.39 Å². The monoisotopic (exact) mass is 409 g/mol. The number of hydrogen-bond acceptors (Lipinski definition) is 4. The van der Waals surface area contributed by atoms with Crippen molar-refractivity contribution in [2.24, 2.45) is 0 Å². The summed E-state index contributed by atoms with van der Waals surface area (Å²) in [6.07, 6.45) is 0.999. The highest BCUT2D eigenvalue weighted by atomic mass is 79.9. The first kappa shape index (κ1) is 16.2. The Labute approximate surface area is 158 Å². The van der Waals surface area contributed by atoms with Gasteiger partial charge in [-0.1, -0.05) is 53.2 Å². The molecule has 0 saturated carbocycles. The van der Waals surface area contributed by atoms with Crippen LogP contribution in [-0.4, -0.2) is 9.97 Å². The van der Waals surface area contributed by atoms with Crippen molar-refractivity contribution in [3.05, 3.63) is 70.0 Å². The Hall–Kier alpha value is -2.24. The first-order chi connectivity index (χ1) is 12.2. The number of anilines is 2. The molecule has 1 N–H and O–H groups in total. The number of hydrogen-bond donors (Lipinski definition) is 1. The third-order valence-corrected chi connectivity index (χ3v) is 5.63. The zero-order valence-electron chi connectivity index (χ0n) is 13.7. The van der Waals surface area contributed by atoms with Gasteiger partial charge in [0, 0.05) is 20.6 Å².